The highest BCUT2D eigenvalue weighted by molar-refractivity contribution is 6.59. The van der Waals surface area contributed by atoms with E-state index in [1.165, 1.54) is 0 Å². The third kappa shape index (κ3) is 1.44. The summed E-state index contributed by atoms with van der Waals surface area (Å²) in [6.07, 6.45) is -0.775. The number of hydrogen-bond acceptors (Lipinski definition) is 3. The molecule has 4 heteroatoms. The minimum Gasteiger partial charge on any atom is -0.365 e. The second kappa shape index (κ2) is 2.91. The number of alkyl halides is 1. The fourth-order valence-corrected chi connectivity index (χ4v) is 1.16. The zero-order valence-electron chi connectivity index (χ0n) is 6.33. The first-order valence-electron chi connectivity index (χ1n) is 3.41. The van der Waals surface area contributed by atoms with Crippen molar-refractivity contribution in [1.82, 2.24) is 0 Å². The quantitative estimate of drug-likeness (QED) is 0.456. The van der Waals surface area contributed by atoms with Crippen molar-refractivity contribution in [2.24, 2.45) is 0 Å². The van der Waals surface area contributed by atoms with Gasteiger partial charge < -0.3 is 4.74 Å². The fraction of sp³-hybridized carbons (Fsp3) is 0.714. The molecule has 0 radical (unpaired) electrons. The van der Waals surface area contributed by atoms with Gasteiger partial charge >= 0.3 is 0 Å². The first-order valence-corrected chi connectivity index (χ1v) is 3.85. The van der Waals surface area contributed by atoms with Gasteiger partial charge in [-0.15, -0.1) is 11.6 Å². The summed E-state index contributed by atoms with van der Waals surface area (Å²) in [5, 5.41) is -0.759. The van der Waals surface area contributed by atoms with Crippen molar-refractivity contribution in [3.63, 3.8) is 0 Å². The molecule has 2 unspecified atom stereocenters. The van der Waals surface area contributed by atoms with E-state index in [1.54, 1.807) is 13.8 Å². The first kappa shape index (κ1) is 8.68. The van der Waals surface area contributed by atoms with Gasteiger partial charge in [-0.1, -0.05) is 0 Å². The van der Waals surface area contributed by atoms with Crippen molar-refractivity contribution in [3.8, 4) is 0 Å². The van der Waals surface area contributed by atoms with E-state index in [2.05, 4.69) is 0 Å². The molecule has 0 aliphatic heterocycles. The van der Waals surface area contributed by atoms with Gasteiger partial charge in [0.05, 0.1) is 6.10 Å². The Bertz CT molecular complexity index is 200. The zero-order valence-corrected chi connectivity index (χ0v) is 7.09. The van der Waals surface area contributed by atoms with E-state index in [4.69, 9.17) is 16.3 Å². The highest BCUT2D eigenvalue weighted by Crippen LogP contribution is 2.22. The van der Waals surface area contributed by atoms with Crippen LogP contribution in [0, 0.1) is 0 Å². The van der Waals surface area contributed by atoms with Crippen LogP contribution in [0.4, 0.5) is 0 Å². The topological polar surface area (TPSA) is 43.4 Å². The molecular weight excluding hydrogens is 168 g/mol. The third-order valence-corrected chi connectivity index (χ3v) is 1.86. The molecule has 0 N–H and O–H groups in total. The Labute approximate surface area is 69.7 Å². The molecule has 0 saturated heterocycles. The van der Waals surface area contributed by atoms with Crippen molar-refractivity contribution < 1.29 is 14.3 Å². The largest absolute Gasteiger partial charge is 0.365 e. The van der Waals surface area contributed by atoms with Gasteiger partial charge in [0.2, 0.25) is 11.6 Å². The van der Waals surface area contributed by atoms with Crippen LogP contribution in [-0.2, 0) is 14.3 Å². The molecule has 0 aromatic carbocycles. The van der Waals surface area contributed by atoms with Crippen LogP contribution in [0.2, 0.25) is 0 Å². The molecule has 2 atom stereocenters. The molecule has 3 nitrogen and oxygen atoms in total. The van der Waals surface area contributed by atoms with Gasteiger partial charge in [0.15, 0.2) is 0 Å². The van der Waals surface area contributed by atoms with Crippen molar-refractivity contribution in [2.45, 2.75) is 31.4 Å². The Hall–Kier alpha value is -0.410. The smallest absolute Gasteiger partial charge is 0.230 e. The Kier molecular flexibility index (Phi) is 2.30. The van der Waals surface area contributed by atoms with Gasteiger partial charge in [-0.05, 0) is 13.8 Å². The lowest BCUT2D eigenvalue weighted by Crippen LogP contribution is -2.56. The average Bonchev–Trinajstić information content (AvgIpc) is 1.98. The van der Waals surface area contributed by atoms with Crippen LogP contribution in [0.15, 0.2) is 0 Å². The molecule has 0 bridgehead atoms. The summed E-state index contributed by atoms with van der Waals surface area (Å²) in [6.45, 7) is 3.58. The lowest BCUT2D eigenvalue weighted by molar-refractivity contribution is -0.156. The maximum absolute atomic E-state index is 10.7. The molecule has 1 aliphatic rings. The summed E-state index contributed by atoms with van der Waals surface area (Å²) in [5.74, 6) is -1.03. The monoisotopic (exact) mass is 176 g/mol. The van der Waals surface area contributed by atoms with E-state index >= 15 is 0 Å². The summed E-state index contributed by atoms with van der Waals surface area (Å²) in [4.78, 5) is 21.3. The number of hydrogen-bond donors (Lipinski definition) is 0. The number of ketones is 2. The molecular formula is C7H9ClO3. The molecule has 0 heterocycles. The number of halogens is 1. The Morgan fingerprint density at radius 1 is 1.36 bits per heavy atom. The summed E-state index contributed by atoms with van der Waals surface area (Å²) in [5.41, 5.74) is 0. The van der Waals surface area contributed by atoms with Gasteiger partial charge in [0.25, 0.3) is 0 Å². The van der Waals surface area contributed by atoms with Gasteiger partial charge in [0, 0.05) is 0 Å². The van der Waals surface area contributed by atoms with E-state index in [-0.39, 0.29) is 6.10 Å². The second-order valence-electron chi connectivity index (χ2n) is 2.74. The molecule has 11 heavy (non-hydrogen) atoms. The summed E-state index contributed by atoms with van der Waals surface area (Å²) >= 11 is 5.51. The number of ether oxygens (including phenoxy) is 1. The van der Waals surface area contributed by atoms with Gasteiger partial charge in [0.1, 0.15) is 11.5 Å². The molecule has 0 aromatic heterocycles. The predicted octanol–water partition coefficient (Wildman–Crippen LogP) is 0.539. The van der Waals surface area contributed by atoms with E-state index in [0.29, 0.717) is 0 Å². The summed E-state index contributed by atoms with van der Waals surface area (Å²) in [6, 6.07) is 0. The first-order chi connectivity index (χ1) is 5.04. The van der Waals surface area contributed by atoms with Crippen molar-refractivity contribution in [1.29, 1.82) is 0 Å². The lowest BCUT2D eigenvalue weighted by Gasteiger charge is -2.29. The Morgan fingerprint density at radius 3 is 2.27 bits per heavy atom. The van der Waals surface area contributed by atoms with Crippen molar-refractivity contribution in [2.75, 3.05) is 0 Å². The zero-order chi connectivity index (χ0) is 8.59. The maximum Gasteiger partial charge on any atom is 0.230 e. The van der Waals surface area contributed by atoms with Crippen LogP contribution in [0.5, 0.6) is 0 Å². The van der Waals surface area contributed by atoms with E-state index < -0.39 is 23.0 Å². The number of rotatable bonds is 2. The molecule has 1 fully saturated rings. The van der Waals surface area contributed by atoms with Crippen LogP contribution in [0.3, 0.4) is 0 Å². The highest BCUT2D eigenvalue weighted by atomic mass is 35.5. The highest BCUT2D eigenvalue weighted by Gasteiger charge is 2.49. The van der Waals surface area contributed by atoms with Gasteiger partial charge in [-0.25, -0.2) is 0 Å². The van der Waals surface area contributed by atoms with Gasteiger partial charge in [-0.3, -0.25) is 9.59 Å². The molecule has 0 aromatic rings. The molecule has 62 valence electrons. The van der Waals surface area contributed by atoms with E-state index in [1.807, 2.05) is 0 Å². The predicted molar refractivity (Wildman–Crippen MR) is 39.7 cm³/mol. The Morgan fingerprint density at radius 2 is 1.91 bits per heavy atom. The molecule has 0 amide bonds. The maximum atomic E-state index is 10.7. The van der Waals surface area contributed by atoms with Gasteiger partial charge in [-0.2, -0.15) is 0 Å². The third-order valence-electron chi connectivity index (χ3n) is 1.44. The molecule has 1 aliphatic carbocycles. The number of carbonyl (C=O) groups excluding carboxylic acids is 2. The van der Waals surface area contributed by atoms with Crippen molar-refractivity contribution >= 4 is 23.2 Å². The normalized spacial score (nSPS) is 30.9. The minimum atomic E-state index is -0.759. The van der Waals surface area contributed by atoms with Crippen LogP contribution < -0.4 is 0 Å². The minimum absolute atomic E-state index is 0.0710. The average molecular weight is 177 g/mol. The standard InChI is InChI=1S/C7H9ClO3/c1-3(2)11-7-4(8)5(9)6(7)10/h3-4,7H,1-2H3. The summed E-state index contributed by atoms with van der Waals surface area (Å²) in [7, 11) is 0. The van der Waals surface area contributed by atoms with Crippen LogP contribution in [-0.4, -0.2) is 29.2 Å². The number of Topliss-reactive ketones (excluding diaryl/α,β-unsaturated/α-hetero) is 2. The molecule has 1 rings (SSSR count). The van der Waals surface area contributed by atoms with Crippen LogP contribution >= 0.6 is 11.6 Å². The van der Waals surface area contributed by atoms with E-state index in [0.717, 1.165) is 0 Å². The van der Waals surface area contributed by atoms with Crippen molar-refractivity contribution in [3.05, 3.63) is 0 Å². The lowest BCUT2D eigenvalue weighted by atomic mass is 9.91. The van der Waals surface area contributed by atoms with Crippen LogP contribution in [0.1, 0.15) is 13.8 Å². The Balaban J connectivity index is 2.50. The SMILES string of the molecule is CC(C)OC1C(=O)C(=O)C1Cl. The second-order valence-corrected chi connectivity index (χ2v) is 3.21. The fourth-order valence-electron chi connectivity index (χ4n) is 0.874. The number of carbonyl (C=O) groups is 2. The van der Waals surface area contributed by atoms with E-state index in [9.17, 15) is 9.59 Å². The molecule has 0 spiro atoms. The van der Waals surface area contributed by atoms with Crippen LogP contribution in [0.25, 0.3) is 0 Å². The molecule has 1 saturated carbocycles. The summed E-state index contributed by atoms with van der Waals surface area (Å²) < 4.78 is 5.08.